The lowest BCUT2D eigenvalue weighted by Crippen LogP contribution is -2.57. The highest BCUT2D eigenvalue weighted by Gasteiger charge is 2.25. The van der Waals surface area contributed by atoms with Crippen LogP contribution in [0.5, 0.6) is 11.5 Å². The van der Waals surface area contributed by atoms with Crippen LogP contribution in [-0.4, -0.2) is 109 Å². The molecular formula is C44H48N4O18. The Kier molecular flexibility index (Phi) is 17.3. The molecule has 0 spiro atoms. The lowest BCUT2D eigenvalue weighted by atomic mass is 10.1. The van der Waals surface area contributed by atoms with E-state index < -0.39 is 116 Å². The minimum absolute atomic E-state index is 0.0205. The molecule has 0 bridgehead atoms. The predicted octanol–water partition coefficient (Wildman–Crippen LogP) is 2.32. The molecular weight excluding hydrogens is 872 g/mol. The van der Waals surface area contributed by atoms with E-state index in [1.807, 2.05) is 6.07 Å². The second-order valence-electron chi connectivity index (χ2n) is 16.3. The minimum Gasteiger partial charge on any atom is -0.459 e. The SMILES string of the molecule is CC(C)(C)OC(=O)Oc1ccc(C(=O)OCC(O)Cn2c(=O)n(CC(O)COC(=O)c3ccc(C#N)cc3)c(=O)n(CC(O)COC(=O)c3ccc(OC(=O)OC(C)(C)C)cc3)c2=O)cc1. The number of ether oxygens (including phenoxy) is 7. The van der Waals surface area contributed by atoms with Gasteiger partial charge in [0.2, 0.25) is 0 Å². The van der Waals surface area contributed by atoms with E-state index in [9.17, 15) is 53.7 Å². The molecule has 0 aliphatic carbocycles. The Hall–Kier alpha value is -7.61. The van der Waals surface area contributed by atoms with Gasteiger partial charge in [-0.1, -0.05) is 0 Å². The molecule has 4 aromatic rings. The van der Waals surface area contributed by atoms with Crippen LogP contribution in [0, 0.1) is 11.3 Å². The molecule has 352 valence electrons. The maximum absolute atomic E-state index is 13.7. The van der Waals surface area contributed by atoms with Crippen molar-refractivity contribution in [2.24, 2.45) is 0 Å². The molecule has 0 aliphatic rings. The molecule has 3 aromatic carbocycles. The molecule has 0 fully saturated rings. The van der Waals surface area contributed by atoms with Crippen LogP contribution in [0.1, 0.15) is 78.2 Å². The highest BCUT2D eigenvalue weighted by molar-refractivity contribution is 5.90. The van der Waals surface area contributed by atoms with Gasteiger partial charge >= 0.3 is 47.3 Å². The van der Waals surface area contributed by atoms with E-state index >= 15 is 0 Å². The predicted molar refractivity (Wildman–Crippen MR) is 226 cm³/mol. The van der Waals surface area contributed by atoms with Crippen LogP contribution in [0.2, 0.25) is 0 Å². The van der Waals surface area contributed by atoms with Gasteiger partial charge in [-0.3, -0.25) is 0 Å². The second kappa shape index (κ2) is 22.3. The number of benzene rings is 3. The van der Waals surface area contributed by atoms with Crippen LogP contribution < -0.4 is 26.5 Å². The summed E-state index contributed by atoms with van der Waals surface area (Å²) in [5.41, 5.74) is -5.51. The van der Waals surface area contributed by atoms with Crippen molar-refractivity contribution in [3.05, 3.63) is 127 Å². The van der Waals surface area contributed by atoms with Gasteiger partial charge in [-0.25, -0.2) is 52.1 Å². The van der Waals surface area contributed by atoms with Gasteiger partial charge in [0.05, 0.1) is 48.0 Å². The zero-order valence-electron chi connectivity index (χ0n) is 36.7. The summed E-state index contributed by atoms with van der Waals surface area (Å²) < 4.78 is 36.8. The molecule has 1 heterocycles. The molecule has 1 aromatic heterocycles. The molecule has 3 atom stereocenters. The number of rotatable bonds is 17. The van der Waals surface area contributed by atoms with Crippen molar-refractivity contribution in [3.63, 3.8) is 0 Å². The number of aliphatic hydroxyl groups excluding tert-OH is 3. The first kappa shape index (κ1) is 51.0. The summed E-state index contributed by atoms with van der Waals surface area (Å²) in [5, 5.41) is 41.4. The third-order valence-electron chi connectivity index (χ3n) is 8.40. The van der Waals surface area contributed by atoms with Crippen LogP contribution in [0.3, 0.4) is 0 Å². The summed E-state index contributed by atoms with van der Waals surface area (Å²) in [7, 11) is 0. The molecule has 0 amide bonds. The smallest absolute Gasteiger partial charge is 0.459 e. The lowest BCUT2D eigenvalue weighted by molar-refractivity contribution is 0.0167. The van der Waals surface area contributed by atoms with Gasteiger partial charge in [-0.2, -0.15) is 5.26 Å². The number of hydrogen-bond donors (Lipinski definition) is 3. The second-order valence-corrected chi connectivity index (χ2v) is 16.3. The highest BCUT2D eigenvalue weighted by Crippen LogP contribution is 2.18. The van der Waals surface area contributed by atoms with E-state index in [2.05, 4.69) is 0 Å². The lowest BCUT2D eigenvalue weighted by Gasteiger charge is -2.19. The Morgan fingerprint density at radius 1 is 0.515 bits per heavy atom. The summed E-state index contributed by atoms with van der Waals surface area (Å²) >= 11 is 0. The van der Waals surface area contributed by atoms with Crippen LogP contribution in [-0.2, 0) is 43.3 Å². The maximum atomic E-state index is 13.7. The fourth-order valence-electron chi connectivity index (χ4n) is 5.44. The molecule has 0 saturated carbocycles. The van der Waals surface area contributed by atoms with Crippen LogP contribution in [0.4, 0.5) is 9.59 Å². The molecule has 0 aliphatic heterocycles. The summed E-state index contributed by atoms with van der Waals surface area (Å²) in [4.78, 5) is 103. The van der Waals surface area contributed by atoms with E-state index in [0.717, 1.165) is 0 Å². The number of carbonyl (C=O) groups is 5. The Morgan fingerprint density at radius 3 is 1.05 bits per heavy atom. The summed E-state index contributed by atoms with van der Waals surface area (Å²) in [6, 6.07) is 17.3. The molecule has 3 unspecified atom stereocenters. The van der Waals surface area contributed by atoms with E-state index in [0.29, 0.717) is 13.7 Å². The van der Waals surface area contributed by atoms with E-state index in [1.54, 1.807) is 41.5 Å². The van der Waals surface area contributed by atoms with Gasteiger partial charge in [0, 0.05) is 0 Å². The van der Waals surface area contributed by atoms with Crippen LogP contribution in [0.25, 0.3) is 0 Å². The standard InChI is InChI=1S/C44H48N4O18/c1-43(2,3)65-41(58)63-33-15-11-28(12-16-33)36(53)61-24-31(50)21-47-38(55)46(20-30(49)23-60-35(52)27-9-7-26(19-45)8-10-27)39(56)48(40(47)57)22-32(51)25-62-37(54)29-13-17-34(18-14-29)64-42(59)66-44(4,5)6/h7-18,30-32,49-51H,20-25H2,1-6H3. The number of esters is 3. The van der Waals surface area contributed by atoms with Gasteiger partial charge in [-0.15, -0.1) is 0 Å². The first-order chi connectivity index (χ1) is 30.9. The van der Waals surface area contributed by atoms with Gasteiger partial charge in [0.1, 0.15) is 60.8 Å². The maximum Gasteiger partial charge on any atom is 0.514 e. The third kappa shape index (κ3) is 15.6. The first-order valence-corrected chi connectivity index (χ1v) is 19.9. The van der Waals surface area contributed by atoms with Crippen LogP contribution >= 0.6 is 0 Å². The number of carbonyl (C=O) groups excluding carboxylic acids is 5. The molecule has 0 radical (unpaired) electrons. The average Bonchev–Trinajstić information content (AvgIpc) is 3.24. The Morgan fingerprint density at radius 2 is 0.788 bits per heavy atom. The molecule has 22 nitrogen and oxygen atoms in total. The Bertz CT molecular complexity index is 2460. The van der Waals surface area contributed by atoms with Gasteiger partial charge in [0.15, 0.2) is 0 Å². The minimum atomic E-state index is -1.77. The molecule has 66 heavy (non-hydrogen) atoms. The molecule has 0 saturated heterocycles. The van der Waals surface area contributed by atoms with Crippen molar-refractivity contribution in [2.75, 3.05) is 19.8 Å². The first-order valence-electron chi connectivity index (χ1n) is 19.9. The molecule has 22 heteroatoms. The van der Waals surface area contributed by atoms with Crippen molar-refractivity contribution in [3.8, 4) is 17.6 Å². The van der Waals surface area contributed by atoms with Crippen LogP contribution in [0.15, 0.2) is 87.2 Å². The summed E-state index contributed by atoms with van der Waals surface area (Å²) in [5.74, 6) is -2.76. The largest absolute Gasteiger partial charge is 0.514 e. The zero-order valence-corrected chi connectivity index (χ0v) is 36.7. The third-order valence-corrected chi connectivity index (χ3v) is 8.40. The number of aliphatic hydroxyl groups is 3. The quantitative estimate of drug-likeness (QED) is 0.0777. The zero-order chi connectivity index (χ0) is 48.9. The fourth-order valence-corrected chi connectivity index (χ4v) is 5.44. The summed E-state index contributed by atoms with van der Waals surface area (Å²) in [6.07, 6.45) is -7.23. The number of aromatic nitrogens is 3. The van der Waals surface area contributed by atoms with Gasteiger partial charge in [0.25, 0.3) is 0 Å². The van der Waals surface area contributed by atoms with E-state index in [1.165, 1.54) is 72.8 Å². The number of nitrogens with zero attached hydrogens (tertiary/aromatic N) is 4. The monoisotopic (exact) mass is 920 g/mol. The van der Waals surface area contributed by atoms with Crippen molar-refractivity contribution in [1.82, 2.24) is 13.7 Å². The van der Waals surface area contributed by atoms with Crippen molar-refractivity contribution in [1.29, 1.82) is 5.26 Å². The van der Waals surface area contributed by atoms with E-state index in [-0.39, 0.29) is 33.8 Å². The van der Waals surface area contributed by atoms with Crippen molar-refractivity contribution in [2.45, 2.75) is 90.7 Å². The fraction of sp³-hybridized carbons (Fsp3) is 0.386. The average molecular weight is 921 g/mol. The normalized spacial score (nSPS) is 12.7. The van der Waals surface area contributed by atoms with Crippen molar-refractivity contribution < 1.29 is 72.5 Å². The molecule has 4 rings (SSSR count). The van der Waals surface area contributed by atoms with E-state index in [4.69, 9.17) is 38.4 Å². The molecule has 3 N–H and O–H groups in total. The van der Waals surface area contributed by atoms with Crippen molar-refractivity contribution >= 4 is 30.2 Å². The highest BCUT2D eigenvalue weighted by atomic mass is 16.7. The topological polar surface area (TPSA) is 300 Å². The van der Waals surface area contributed by atoms with Gasteiger partial charge in [-0.05, 0) is 114 Å². The Balaban J connectivity index is 1.49. The van der Waals surface area contributed by atoms with Gasteiger partial charge < -0.3 is 48.5 Å². The number of nitriles is 1. The number of hydrogen-bond acceptors (Lipinski definition) is 19. The Labute approximate surface area is 375 Å². The summed E-state index contributed by atoms with van der Waals surface area (Å²) in [6.45, 7) is 4.85.